The Balaban J connectivity index is 1.40. The summed E-state index contributed by atoms with van der Waals surface area (Å²) in [6.07, 6.45) is 3.92. The number of pyridine rings is 1. The molecule has 3 aromatic rings. The molecular formula is C29H34N3O3+. The number of nitrogens with one attached hydrogen (secondary N) is 1. The van der Waals surface area contributed by atoms with Crippen LogP contribution in [0.25, 0.3) is 10.9 Å². The predicted molar refractivity (Wildman–Crippen MR) is 135 cm³/mol. The van der Waals surface area contributed by atoms with Gasteiger partial charge in [0.05, 0.1) is 23.3 Å². The number of carbonyl (C=O) groups is 2. The molecule has 1 fully saturated rings. The van der Waals surface area contributed by atoms with Crippen molar-refractivity contribution in [3.8, 4) is 0 Å². The van der Waals surface area contributed by atoms with Crippen LogP contribution in [0.5, 0.6) is 0 Å². The van der Waals surface area contributed by atoms with Crippen molar-refractivity contribution in [3.05, 3.63) is 77.0 Å². The molecule has 1 N–H and O–H groups in total. The second-order valence-corrected chi connectivity index (χ2v) is 10.0. The van der Waals surface area contributed by atoms with E-state index < -0.39 is 5.97 Å². The predicted octanol–water partition coefficient (Wildman–Crippen LogP) is 3.32. The molecule has 2 aliphatic heterocycles. The highest BCUT2D eigenvalue weighted by molar-refractivity contribution is 6.05. The fourth-order valence-corrected chi connectivity index (χ4v) is 5.79. The van der Waals surface area contributed by atoms with Crippen molar-refractivity contribution in [2.75, 3.05) is 13.2 Å². The molecule has 0 aliphatic carbocycles. The number of aromatic nitrogens is 1. The van der Waals surface area contributed by atoms with Gasteiger partial charge in [0.1, 0.15) is 13.1 Å². The SMILES string of the molecule is C[C@H]1CCC[C@H](C)N1C(=O)COC(=O)c1c2c(nc3ccccc13)CC[NH+](Cc1ccccc1)C2. The van der Waals surface area contributed by atoms with Gasteiger partial charge in [-0.25, -0.2) is 4.79 Å². The number of esters is 1. The van der Waals surface area contributed by atoms with Crippen LogP contribution in [0.1, 0.15) is 60.3 Å². The fourth-order valence-electron chi connectivity index (χ4n) is 5.79. The van der Waals surface area contributed by atoms with Gasteiger partial charge in [0.25, 0.3) is 5.91 Å². The zero-order valence-electron chi connectivity index (χ0n) is 20.6. The zero-order valence-corrected chi connectivity index (χ0v) is 20.6. The Morgan fingerprint density at radius 2 is 1.74 bits per heavy atom. The highest BCUT2D eigenvalue weighted by Crippen LogP contribution is 2.27. The first-order valence-electron chi connectivity index (χ1n) is 12.8. The van der Waals surface area contributed by atoms with Crippen molar-refractivity contribution in [1.82, 2.24) is 9.88 Å². The van der Waals surface area contributed by atoms with E-state index in [0.717, 1.165) is 60.9 Å². The average molecular weight is 473 g/mol. The van der Waals surface area contributed by atoms with Crippen molar-refractivity contribution >= 4 is 22.8 Å². The number of hydrogen-bond acceptors (Lipinski definition) is 4. The lowest BCUT2D eigenvalue weighted by molar-refractivity contribution is -0.929. The molecule has 2 aliphatic rings. The van der Waals surface area contributed by atoms with E-state index in [1.165, 1.54) is 10.5 Å². The quantitative estimate of drug-likeness (QED) is 0.579. The third-order valence-electron chi connectivity index (χ3n) is 7.53. The molecule has 2 aromatic carbocycles. The van der Waals surface area contributed by atoms with Gasteiger partial charge in [0.15, 0.2) is 6.61 Å². The Hall–Kier alpha value is -3.25. The molecule has 3 heterocycles. The van der Waals surface area contributed by atoms with E-state index in [2.05, 4.69) is 38.1 Å². The Kier molecular flexibility index (Phi) is 6.82. The van der Waals surface area contributed by atoms with Gasteiger partial charge in [-0.3, -0.25) is 9.78 Å². The summed E-state index contributed by atoms with van der Waals surface area (Å²) in [4.78, 5) is 34.7. The average Bonchev–Trinajstić information content (AvgIpc) is 2.86. The molecule has 1 unspecified atom stereocenters. The summed E-state index contributed by atoms with van der Waals surface area (Å²) < 4.78 is 5.70. The number of nitrogens with zero attached hydrogens (tertiary/aromatic N) is 2. The standard InChI is InChI=1S/C29H33N3O3/c1-20-9-8-10-21(2)32(20)27(33)19-35-29(34)28-23-13-6-7-14-25(23)30-26-15-16-31(18-24(26)28)17-22-11-4-3-5-12-22/h3-7,11-14,20-21H,8-10,15-19H2,1-2H3/p+1/t20-,21-/m0/s1. The molecule has 3 atom stereocenters. The maximum atomic E-state index is 13.5. The third kappa shape index (κ3) is 4.94. The van der Waals surface area contributed by atoms with E-state index in [1.54, 1.807) is 0 Å². The monoisotopic (exact) mass is 472 g/mol. The number of likely N-dealkylation sites (tertiary alicyclic amines) is 1. The van der Waals surface area contributed by atoms with Crippen LogP contribution in [0.15, 0.2) is 54.6 Å². The molecule has 6 heteroatoms. The summed E-state index contributed by atoms with van der Waals surface area (Å²) >= 11 is 0. The molecule has 35 heavy (non-hydrogen) atoms. The highest BCUT2D eigenvalue weighted by Gasteiger charge is 2.32. The van der Waals surface area contributed by atoms with E-state index >= 15 is 0 Å². The lowest BCUT2D eigenvalue weighted by Crippen LogP contribution is -3.10. The van der Waals surface area contributed by atoms with Gasteiger partial charge in [-0.15, -0.1) is 0 Å². The van der Waals surface area contributed by atoms with Crippen molar-refractivity contribution < 1.29 is 19.2 Å². The molecule has 0 saturated carbocycles. The van der Waals surface area contributed by atoms with Crippen LogP contribution in [0.4, 0.5) is 0 Å². The largest absolute Gasteiger partial charge is 0.452 e. The molecule has 0 spiro atoms. The maximum absolute atomic E-state index is 13.5. The second kappa shape index (κ2) is 10.2. The van der Waals surface area contributed by atoms with E-state index in [0.29, 0.717) is 12.1 Å². The van der Waals surface area contributed by atoms with Gasteiger partial charge in [-0.05, 0) is 39.2 Å². The second-order valence-electron chi connectivity index (χ2n) is 10.0. The minimum absolute atomic E-state index is 0.110. The first-order chi connectivity index (χ1) is 17.0. The van der Waals surface area contributed by atoms with Crippen LogP contribution in [0.2, 0.25) is 0 Å². The van der Waals surface area contributed by atoms with Gasteiger partial charge in [-0.2, -0.15) is 0 Å². The van der Waals surface area contributed by atoms with E-state index in [4.69, 9.17) is 9.72 Å². The van der Waals surface area contributed by atoms with Crippen molar-refractivity contribution in [3.63, 3.8) is 0 Å². The molecule has 1 aromatic heterocycles. The first-order valence-corrected chi connectivity index (χ1v) is 12.8. The maximum Gasteiger partial charge on any atom is 0.339 e. The lowest BCUT2D eigenvalue weighted by Gasteiger charge is -2.38. The van der Waals surface area contributed by atoms with E-state index in [9.17, 15) is 9.59 Å². The normalized spacial score (nSPS) is 22.0. The number of amides is 1. The number of benzene rings is 2. The number of ether oxygens (including phenoxy) is 1. The summed E-state index contributed by atoms with van der Waals surface area (Å²) in [5.41, 5.74) is 4.58. The third-order valence-corrected chi connectivity index (χ3v) is 7.53. The summed E-state index contributed by atoms with van der Waals surface area (Å²) in [6, 6.07) is 18.5. The Bertz CT molecular complexity index is 1220. The van der Waals surface area contributed by atoms with E-state index in [1.807, 2.05) is 35.2 Å². The van der Waals surface area contributed by atoms with Gasteiger partial charge >= 0.3 is 5.97 Å². The smallest absolute Gasteiger partial charge is 0.339 e. The molecule has 0 radical (unpaired) electrons. The number of carbonyl (C=O) groups excluding carboxylic acids is 2. The topological polar surface area (TPSA) is 63.9 Å². The van der Waals surface area contributed by atoms with Crippen LogP contribution in [-0.2, 0) is 29.0 Å². The van der Waals surface area contributed by atoms with Gasteiger partial charge < -0.3 is 14.5 Å². The molecule has 1 saturated heterocycles. The van der Waals surface area contributed by atoms with Crippen LogP contribution >= 0.6 is 0 Å². The Labute approximate surface area is 206 Å². The summed E-state index contributed by atoms with van der Waals surface area (Å²) in [7, 11) is 0. The van der Waals surface area contributed by atoms with Gasteiger partial charge in [-0.1, -0.05) is 48.5 Å². The first kappa shape index (κ1) is 23.5. The van der Waals surface area contributed by atoms with Crippen LogP contribution in [-0.4, -0.2) is 47.0 Å². The molecule has 5 rings (SSSR count). The summed E-state index contributed by atoms with van der Waals surface area (Å²) in [5.74, 6) is -0.534. The van der Waals surface area contributed by atoms with E-state index in [-0.39, 0.29) is 24.6 Å². The molecule has 1 amide bonds. The number of quaternary nitrogens is 1. The number of hydrogen-bond donors (Lipinski definition) is 1. The zero-order chi connectivity index (χ0) is 24.4. The van der Waals surface area contributed by atoms with Crippen LogP contribution in [0.3, 0.4) is 0 Å². The van der Waals surface area contributed by atoms with Crippen molar-refractivity contribution in [2.45, 2.75) is 64.7 Å². The Morgan fingerprint density at radius 1 is 1.03 bits per heavy atom. The van der Waals surface area contributed by atoms with Crippen LogP contribution < -0.4 is 4.90 Å². The lowest BCUT2D eigenvalue weighted by atomic mass is 9.95. The Morgan fingerprint density at radius 3 is 2.51 bits per heavy atom. The number of fused-ring (bicyclic) bond motifs is 2. The van der Waals surface area contributed by atoms with Gasteiger partial charge in [0, 0.05) is 35.0 Å². The molecule has 182 valence electrons. The minimum atomic E-state index is -0.425. The number of para-hydroxylation sites is 1. The minimum Gasteiger partial charge on any atom is -0.452 e. The van der Waals surface area contributed by atoms with Crippen molar-refractivity contribution in [1.29, 1.82) is 0 Å². The van der Waals surface area contributed by atoms with Crippen molar-refractivity contribution in [2.24, 2.45) is 0 Å². The molecule has 0 bridgehead atoms. The van der Waals surface area contributed by atoms with Gasteiger partial charge in [0.2, 0.25) is 0 Å². The fraction of sp³-hybridized carbons (Fsp3) is 0.414. The summed E-state index contributed by atoms with van der Waals surface area (Å²) in [6.45, 7) is 6.49. The molecule has 6 nitrogen and oxygen atoms in total. The molecular weight excluding hydrogens is 438 g/mol. The highest BCUT2D eigenvalue weighted by atomic mass is 16.5. The number of rotatable bonds is 5. The summed E-state index contributed by atoms with van der Waals surface area (Å²) in [5, 5.41) is 0.796. The van der Waals surface area contributed by atoms with Crippen LogP contribution in [0, 0.1) is 0 Å². The number of piperidine rings is 1.